The van der Waals surface area contributed by atoms with E-state index in [1.807, 2.05) is 0 Å². The monoisotopic (exact) mass is 404 g/mol. The molecule has 1 aliphatic carbocycles. The number of benzene rings is 1. The van der Waals surface area contributed by atoms with Crippen LogP contribution in [0.1, 0.15) is 55.8 Å². The molecule has 1 aromatic rings. The molecule has 1 aliphatic heterocycles. The number of esters is 1. The second-order valence-corrected chi connectivity index (χ2v) is 8.34. The van der Waals surface area contributed by atoms with Crippen molar-refractivity contribution in [3.8, 4) is 0 Å². The smallest absolute Gasteiger partial charge is 0.331 e. The molecule has 29 heavy (non-hydrogen) atoms. The molecule has 2 amide bonds. The fourth-order valence-electron chi connectivity index (χ4n) is 4.32. The number of halogens is 1. The minimum atomic E-state index is -0.971. The highest BCUT2D eigenvalue weighted by Gasteiger charge is 2.44. The van der Waals surface area contributed by atoms with Gasteiger partial charge in [-0.05, 0) is 68.7 Å². The predicted octanol–water partition coefficient (Wildman–Crippen LogP) is 2.92. The Kier molecular flexibility index (Phi) is 6.55. The van der Waals surface area contributed by atoms with E-state index in [2.05, 4.69) is 12.2 Å². The molecule has 0 radical (unpaired) electrons. The third-order valence-corrected chi connectivity index (χ3v) is 6.24. The van der Waals surface area contributed by atoms with Crippen LogP contribution in [0.3, 0.4) is 0 Å². The molecular formula is C22H29FN2O4. The molecule has 1 atom stereocenters. The number of hydrogen-bond acceptors (Lipinski definition) is 4. The van der Waals surface area contributed by atoms with Crippen LogP contribution in [0.4, 0.5) is 4.39 Å². The summed E-state index contributed by atoms with van der Waals surface area (Å²) in [5, 5.41) is 2.98. The van der Waals surface area contributed by atoms with Gasteiger partial charge in [0, 0.05) is 18.7 Å². The maximum absolute atomic E-state index is 13.1. The van der Waals surface area contributed by atoms with Gasteiger partial charge >= 0.3 is 5.97 Å². The van der Waals surface area contributed by atoms with Crippen LogP contribution in [0.15, 0.2) is 24.3 Å². The Morgan fingerprint density at radius 2 is 1.79 bits per heavy atom. The van der Waals surface area contributed by atoms with Gasteiger partial charge in [0.1, 0.15) is 11.4 Å². The molecule has 6 nitrogen and oxygen atoms in total. The van der Waals surface area contributed by atoms with E-state index in [9.17, 15) is 18.8 Å². The Balaban J connectivity index is 1.67. The Morgan fingerprint density at radius 3 is 2.41 bits per heavy atom. The number of likely N-dealkylation sites (tertiary alicyclic amines) is 1. The van der Waals surface area contributed by atoms with E-state index in [4.69, 9.17) is 4.74 Å². The van der Waals surface area contributed by atoms with E-state index in [1.165, 1.54) is 31.4 Å². The van der Waals surface area contributed by atoms with Crippen molar-refractivity contribution in [3.05, 3.63) is 35.6 Å². The van der Waals surface area contributed by atoms with Crippen LogP contribution in [0.25, 0.3) is 0 Å². The molecule has 1 saturated carbocycles. The van der Waals surface area contributed by atoms with Crippen LogP contribution in [0, 0.1) is 17.7 Å². The van der Waals surface area contributed by atoms with Gasteiger partial charge < -0.3 is 15.0 Å². The third kappa shape index (κ3) is 4.77. The second-order valence-electron chi connectivity index (χ2n) is 8.34. The summed E-state index contributed by atoms with van der Waals surface area (Å²) in [4.78, 5) is 39.8. The lowest BCUT2D eigenvalue weighted by Gasteiger charge is -2.39. The highest BCUT2D eigenvalue weighted by atomic mass is 19.1. The average molecular weight is 404 g/mol. The summed E-state index contributed by atoms with van der Waals surface area (Å²) in [6.07, 6.45) is 4.21. The molecule has 2 aliphatic rings. The van der Waals surface area contributed by atoms with Crippen LogP contribution < -0.4 is 5.32 Å². The topological polar surface area (TPSA) is 75.7 Å². The summed E-state index contributed by atoms with van der Waals surface area (Å²) in [5.74, 6) is -1.07. The Bertz CT molecular complexity index is 757. The van der Waals surface area contributed by atoms with Crippen LogP contribution in [0.2, 0.25) is 0 Å². The number of methoxy groups -OCH3 is 1. The zero-order valence-electron chi connectivity index (χ0n) is 17.1. The zero-order valence-corrected chi connectivity index (χ0v) is 17.1. The van der Waals surface area contributed by atoms with Gasteiger partial charge in [0.25, 0.3) is 5.91 Å². The molecule has 158 valence electrons. The SMILES string of the molecule is COC(=O)C1(NC(=O)C2CCCN(C(=O)c3ccc(F)cc3)C2)CCC(C)CC1. The maximum atomic E-state index is 13.1. The molecule has 3 rings (SSSR count). The number of piperidine rings is 1. The number of carbonyl (C=O) groups is 3. The summed E-state index contributed by atoms with van der Waals surface area (Å²) >= 11 is 0. The molecule has 0 spiro atoms. The number of amides is 2. The molecule has 1 aromatic carbocycles. The van der Waals surface area contributed by atoms with Crippen molar-refractivity contribution in [1.82, 2.24) is 10.2 Å². The van der Waals surface area contributed by atoms with Crippen molar-refractivity contribution in [2.24, 2.45) is 11.8 Å². The Hall–Kier alpha value is -2.44. The molecular weight excluding hydrogens is 375 g/mol. The first-order chi connectivity index (χ1) is 13.8. The molecule has 2 fully saturated rings. The van der Waals surface area contributed by atoms with Gasteiger partial charge in [0.2, 0.25) is 5.91 Å². The normalized spacial score (nSPS) is 27.2. The van der Waals surface area contributed by atoms with Gasteiger partial charge in [-0.25, -0.2) is 9.18 Å². The fourth-order valence-corrected chi connectivity index (χ4v) is 4.32. The van der Waals surface area contributed by atoms with E-state index < -0.39 is 17.3 Å². The molecule has 0 aromatic heterocycles. The number of hydrogen-bond donors (Lipinski definition) is 1. The lowest BCUT2D eigenvalue weighted by Crippen LogP contribution is -2.59. The van der Waals surface area contributed by atoms with Crippen molar-refractivity contribution >= 4 is 17.8 Å². The maximum Gasteiger partial charge on any atom is 0.331 e. The van der Waals surface area contributed by atoms with Gasteiger partial charge in [-0.1, -0.05) is 6.92 Å². The van der Waals surface area contributed by atoms with Gasteiger partial charge in [-0.15, -0.1) is 0 Å². The van der Waals surface area contributed by atoms with Crippen molar-refractivity contribution in [3.63, 3.8) is 0 Å². The van der Waals surface area contributed by atoms with Gasteiger partial charge in [-0.3, -0.25) is 9.59 Å². The van der Waals surface area contributed by atoms with Gasteiger partial charge in [0.15, 0.2) is 0 Å². The van der Waals surface area contributed by atoms with E-state index in [-0.39, 0.29) is 24.3 Å². The quantitative estimate of drug-likeness (QED) is 0.783. The van der Waals surface area contributed by atoms with Gasteiger partial charge in [-0.2, -0.15) is 0 Å². The Labute approximate surface area is 170 Å². The van der Waals surface area contributed by atoms with Gasteiger partial charge in [0.05, 0.1) is 13.0 Å². The van der Waals surface area contributed by atoms with Crippen LogP contribution >= 0.6 is 0 Å². The Morgan fingerprint density at radius 1 is 1.14 bits per heavy atom. The molecule has 1 unspecified atom stereocenters. The van der Waals surface area contributed by atoms with Crippen molar-refractivity contribution in [2.45, 2.75) is 51.0 Å². The van der Waals surface area contributed by atoms with Crippen LogP contribution in [-0.2, 0) is 14.3 Å². The summed E-state index contributed by atoms with van der Waals surface area (Å²) in [6.45, 7) is 2.98. The minimum absolute atomic E-state index is 0.207. The first-order valence-electron chi connectivity index (χ1n) is 10.3. The van der Waals surface area contributed by atoms with E-state index in [0.717, 1.165) is 12.8 Å². The highest BCUT2D eigenvalue weighted by molar-refractivity contribution is 5.95. The third-order valence-electron chi connectivity index (χ3n) is 6.24. The molecule has 1 heterocycles. The lowest BCUT2D eigenvalue weighted by molar-refractivity contribution is -0.153. The molecule has 0 bridgehead atoms. The number of carbonyl (C=O) groups excluding carboxylic acids is 3. The number of ether oxygens (including phenoxy) is 1. The van der Waals surface area contributed by atoms with E-state index in [1.54, 1.807) is 4.90 Å². The van der Waals surface area contributed by atoms with Crippen molar-refractivity contribution in [1.29, 1.82) is 0 Å². The number of rotatable bonds is 4. The zero-order chi connectivity index (χ0) is 21.0. The number of nitrogens with zero attached hydrogens (tertiary/aromatic N) is 1. The first-order valence-corrected chi connectivity index (χ1v) is 10.3. The molecule has 1 N–H and O–H groups in total. The van der Waals surface area contributed by atoms with E-state index in [0.29, 0.717) is 43.7 Å². The van der Waals surface area contributed by atoms with Crippen LogP contribution in [-0.4, -0.2) is 48.4 Å². The van der Waals surface area contributed by atoms with Crippen molar-refractivity contribution in [2.75, 3.05) is 20.2 Å². The predicted molar refractivity (Wildman–Crippen MR) is 106 cm³/mol. The highest BCUT2D eigenvalue weighted by Crippen LogP contribution is 2.33. The standard InChI is InChI=1S/C22H29FN2O4/c1-15-9-11-22(12-10-15,21(28)29-2)24-19(26)17-4-3-13-25(14-17)20(27)16-5-7-18(23)8-6-16/h5-8,15,17H,3-4,9-14H2,1-2H3,(H,24,26). The minimum Gasteiger partial charge on any atom is -0.467 e. The van der Waals surface area contributed by atoms with Crippen molar-refractivity contribution < 1.29 is 23.5 Å². The fraction of sp³-hybridized carbons (Fsp3) is 0.591. The average Bonchev–Trinajstić information content (AvgIpc) is 2.75. The molecule has 7 heteroatoms. The van der Waals surface area contributed by atoms with E-state index >= 15 is 0 Å². The summed E-state index contributed by atoms with van der Waals surface area (Å²) in [5.41, 5.74) is -0.568. The largest absolute Gasteiger partial charge is 0.467 e. The summed E-state index contributed by atoms with van der Waals surface area (Å²) < 4.78 is 18.1. The summed E-state index contributed by atoms with van der Waals surface area (Å²) in [6, 6.07) is 5.42. The first kappa shape index (κ1) is 21.3. The number of nitrogens with one attached hydrogen (secondary N) is 1. The van der Waals surface area contributed by atoms with Crippen LogP contribution in [0.5, 0.6) is 0 Å². The summed E-state index contributed by atoms with van der Waals surface area (Å²) in [7, 11) is 1.35. The molecule has 1 saturated heterocycles. The second kappa shape index (κ2) is 8.93. The lowest BCUT2D eigenvalue weighted by atomic mass is 9.76.